The fourth-order valence-electron chi connectivity index (χ4n) is 2.47. The van der Waals surface area contributed by atoms with Crippen LogP contribution >= 0.6 is 11.6 Å². The zero-order chi connectivity index (χ0) is 18.5. The Morgan fingerprint density at radius 2 is 1.27 bits per heavy atom. The molecule has 0 aliphatic rings. The largest absolute Gasteiger partial charge is 0.322 e. The highest BCUT2D eigenvalue weighted by molar-refractivity contribution is 6.33. The fraction of sp³-hybridized carbons (Fsp3) is 0.0476. The standard InChI is InChI=1S/C21H17ClN2O2/c1-14-7-2-4-11-18(14)23-20(25)15-8-6-9-16(13-15)21(26)24-19-12-5-3-10-17(19)22/h2-13H,1H3,(H,23,25)(H,24,26). The number of hydrogen-bond donors (Lipinski definition) is 2. The molecule has 3 rings (SSSR count). The number of benzene rings is 3. The summed E-state index contributed by atoms with van der Waals surface area (Å²) in [6, 6.07) is 21.1. The van der Waals surface area contributed by atoms with E-state index in [2.05, 4.69) is 10.6 Å². The van der Waals surface area contributed by atoms with Gasteiger partial charge in [-0.2, -0.15) is 0 Å². The third-order valence-electron chi connectivity index (χ3n) is 3.90. The van der Waals surface area contributed by atoms with Crippen LogP contribution in [0.3, 0.4) is 0 Å². The summed E-state index contributed by atoms with van der Waals surface area (Å²) in [7, 11) is 0. The number of halogens is 1. The number of para-hydroxylation sites is 2. The molecule has 4 nitrogen and oxygen atoms in total. The molecule has 0 aromatic heterocycles. The van der Waals surface area contributed by atoms with Gasteiger partial charge in [0.15, 0.2) is 0 Å². The Balaban J connectivity index is 1.77. The smallest absolute Gasteiger partial charge is 0.255 e. The first-order valence-electron chi connectivity index (χ1n) is 8.07. The first-order valence-corrected chi connectivity index (χ1v) is 8.45. The van der Waals surface area contributed by atoms with Crippen LogP contribution in [0.4, 0.5) is 11.4 Å². The minimum atomic E-state index is -0.330. The maximum atomic E-state index is 12.5. The van der Waals surface area contributed by atoms with Crippen LogP contribution in [0.15, 0.2) is 72.8 Å². The van der Waals surface area contributed by atoms with Crippen molar-refractivity contribution in [3.8, 4) is 0 Å². The van der Waals surface area contributed by atoms with E-state index in [0.717, 1.165) is 11.3 Å². The molecular formula is C21H17ClN2O2. The zero-order valence-electron chi connectivity index (χ0n) is 14.1. The van der Waals surface area contributed by atoms with E-state index in [1.54, 1.807) is 48.5 Å². The van der Waals surface area contributed by atoms with Crippen LogP contribution in [-0.4, -0.2) is 11.8 Å². The van der Waals surface area contributed by atoms with Crippen LogP contribution < -0.4 is 10.6 Å². The second-order valence-electron chi connectivity index (χ2n) is 5.78. The van der Waals surface area contributed by atoms with Gasteiger partial charge in [0.2, 0.25) is 0 Å². The van der Waals surface area contributed by atoms with Crippen LogP contribution in [-0.2, 0) is 0 Å². The number of hydrogen-bond acceptors (Lipinski definition) is 2. The summed E-state index contributed by atoms with van der Waals surface area (Å²) in [6.07, 6.45) is 0. The van der Waals surface area contributed by atoms with E-state index in [1.165, 1.54) is 0 Å². The maximum Gasteiger partial charge on any atom is 0.255 e. The van der Waals surface area contributed by atoms with Gasteiger partial charge in [-0.1, -0.05) is 48.0 Å². The van der Waals surface area contributed by atoms with Gasteiger partial charge in [0.05, 0.1) is 10.7 Å². The van der Waals surface area contributed by atoms with E-state index in [0.29, 0.717) is 21.8 Å². The van der Waals surface area contributed by atoms with E-state index in [9.17, 15) is 9.59 Å². The Kier molecular flexibility index (Phi) is 5.34. The molecule has 3 aromatic rings. The first-order chi connectivity index (χ1) is 12.5. The maximum absolute atomic E-state index is 12.5. The number of carbonyl (C=O) groups is 2. The SMILES string of the molecule is Cc1ccccc1NC(=O)c1cccc(C(=O)Nc2ccccc2Cl)c1. The van der Waals surface area contributed by atoms with Gasteiger partial charge in [0.25, 0.3) is 11.8 Å². The molecule has 0 aliphatic carbocycles. The van der Waals surface area contributed by atoms with Crippen molar-refractivity contribution < 1.29 is 9.59 Å². The molecule has 3 aromatic carbocycles. The van der Waals surface area contributed by atoms with E-state index in [1.807, 2.05) is 31.2 Å². The van der Waals surface area contributed by atoms with E-state index in [-0.39, 0.29) is 11.8 Å². The van der Waals surface area contributed by atoms with Crippen LogP contribution in [0.5, 0.6) is 0 Å². The van der Waals surface area contributed by atoms with Crippen LogP contribution in [0.1, 0.15) is 26.3 Å². The fourth-order valence-corrected chi connectivity index (χ4v) is 2.65. The van der Waals surface area contributed by atoms with E-state index in [4.69, 9.17) is 11.6 Å². The van der Waals surface area contributed by atoms with Crippen LogP contribution in [0, 0.1) is 6.92 Å². The second kappa shape index (κ2) is 7.85. The molecule has 0 spiro atoms. The lowest BCUT2D eigenvalue weighted by atomic mass is 10.1. The summed E-state index contributed by atoms with van der Waals surface area (Å²) < 4.78 is 0. The Hall–Kier alpha value is -3.11. The molecule has 0 atom stereocenters. The highest BCUT2D eigenvalue weighted by atomic mass is 35.5. The molecule has 130 valence electrons. The van der Waals surface area contributed by atoms with Crippen molar-refractivity contribution in [2.24, 2.45) is 0 Å². The summed E-state index contributed by atoms with van der Waals surface area (Å²) in [5.41, 5.74) is 3.01. The Bertz CT molecular complexity index is 895. The normalized spacial score (nSPS) is 10.2. The topological polar surface area (TPSA) is 58.2 Å². The molecule has 2 N–H and O–H groups in total. The molecule has 2 amide bonds. The molecule has 0 unspecified atom stereocenters. The lowest BCUT2D eigenvalue weighted by molar-refractivity contribution is 0.102. The van der Waals surface area contributed by atoms with Crippen molar-refractivity contribution in [1.82, 2.24) is 0 Å². The van der Waals surface area contributed by atoms with Crippen molar-refractivity contribution in [1.29, 1.82) is 0 Å². The van der Waals surface area contributed by atoms with E-state index >= 15 is 0 Å². The molecular weight excluding hydrogens is 348 g/mol. The predicted octanol–water partition coefficient (Wildman–Crippen LogP) is 5.15. The number of carbonyl (C=O) groups excluding carboxylic acids is 2. The second-order valence-corrected chi connectivity index (χ2v) is 6.19. The number of aryl methyl sites for hydroxylation is 1. The molecule has 0 radical (unpaired) electrons. The minimum absolute atomic E-state index is 0.272. The number of nitrogens with one attached hydrogen (secondary N) is 2. The van der Waals surface area contributed by atoms with Gasteiger partial charge in [0, 0.05) is 16.8 Å². The van der Waals surface area contributed by atoms with Crippen molar-refractivity contribution in [3.05, 3.63) is 94.5 Å². The van der Waals surface area contributed by atoms with E-state index < -0.39 is 0 Å². The molecule has 0 saturated carbocycles. The number of anilines is 2. The zero-order valence-corrected chi connectivity index (χ0v) is 14.9. The lowest BCUT2D eigenvalue weighted by Crippen LogP contribution is -2.16. The summed E-state index contributed by atoms with van der Waals surface area (Å²) in [6.45, 7) is 1.92. The van der Waals surface area contributed by atoms with Gasteiger partial charge in [0.1, 0.15) is 0 Å². The van der Waals surface area contributed by atoms with Gasteiger partial charge in [-0.15, -0.1) is 0 Å². The highest BCUT2D eigenvalue weighted by Gasteiger charge is 2.12. The number of rotatable bonds is 4. The monoisotopic (exact) mass is 364 g/mol. The molecule has 0 saturated heterocycles. The average molecular weight is 365 g/mol. The molecule has 0 heterocycles. The quantitative estimate of drug-likeness (QED) is 0.672. The predicted molar refractivity (Wildman–Crippen MR) is 105 cm³/mol. The molecule has 5 heteroatoms. The van der Waals surface area contributed by atoms with Gasteiger partial charge in [-0.05, 0) is 48.9 Å². The van der Waals surface area contributed by atoms with Gasteiger partial charge < -0.3 is 10.6 Å². The van der Waals surface area contributed by atoms with Crippen molar-refractivity contribution in [3.63, 3.8) is 0 Å². The van der Waals surface area contributed by atoms with Crippen molar-refractivity contribution in [2.45, 2.75) is 6.92 Å². The van der Waals surface area contributed by atoms with Crippen LogP contribution in [0.25, 0.3) is 0 Å². The summed E-state index contributed by atoms with van der Waals surface area (Å²) in [5.74, 6) is -0.602. The summed E-state index contributed by atoms with van der Waals surface area (Å²) in [4.78, 5) is 24.9. The Labute approximate surface area is 156 Å². The molecule has 26 heavy (non-hydrogen) atoms. The average Bonchev–Trinajstić information content (AvgIpc) is 2.65. The third-order valence-corrected chi connectivity index (χ3v) is 4.23. The van der Waals surface area contributed by atoms with Crippen molar-refractivity contribution >= 4 is 34.8 Å². The summed E-state index contributed by atoms with van der Waals surface area (Å²) >= 11 is 6.06. The molecule has 0 aliphatic heterocycles. The highest BCUT2D eigenvalue weighted by Crippen LogP contribution is 2.21. The van der Waals surface area contributed by atoms with Gasteiger partial charge in [-0.3, -0.25) is 9.59 Å². The van der Waals surface area contributed by atoms with Gasteiger partial charge >= 0.3 is 0 Å². The Morgan fingerprint density at radius 3 is 1.88 bits per heavy atom. The first kappa shape index (κ1) is 17.7. The third kappa shape index (κ3) is 4.10. The summed E-state index contributed by atoms with van der Waals surface area (Å²) in [5, 5.41) is 6.06. The minimum Gasteiger partial charge on any atom is -0.322 e. The Morgan fingerprint density at radius 1 is 0.731 bits per heavy atom. The van der Waals surface area contributed by atoms with Gasteiger partial charge in [-0.25, -0.2) is 0 Å². The van der Waals surface area contributed by atoms with Crippen molar-refractivity contribution in [2.75, 3.05) is 10.6 Å². The lowest BCUT2D eigenvalue weighted by Gasteiger charge is -2.10. The molecule has 0 bridgehead atoms. The van der Waals surface area contributed by atoms with Crippen LogP contribution in [0.2, 0.25) is 5.02 Å². The number of amides is 2. The molecule has 0 fully saturated rings.